The van der Waals surface area contributed by atoms with Crippen LogP contribution in [0, 0.1) is 0 Å². The number of carbonyl (C=O) groups excluding carboxylic acids is 1. The van der Waals surface area contributed by atoms with E-state index < -0.39 is 0 Å². The van der Waals surface area contributed by atoms with Crippen molar-refractivity contribution in [2.75, 3.05) is 34.2 Å². The van der Waals surface area contributed by atoms with Gasteiger partial charge >= 0.3 is 0 Å². The van der Waals surface area contributed by atoms with Crippen LogP contribution in [0.25, 0.3) is 0 Å². The Morgan fingerprint density at radius 1 is 1.10 bits per heavy atom. The van der Waals surface area contributed by atoms with Crippen molar-refractivity contribution in [1.29, 1.82) is 0 Å². The first-order valence-corrected chi connectivity index (χ1v) is 6.71. The number of nitrogens with zero attached hydrogens (tertiary/aromatic N) is 2. The summed E-state index contributed by atoms with van der Waals surface area (Å²) in [6, 6.07) is 8.47. The minimum Gasteiger partial charge on any atom is -0.338 e. The SMILES string of the molecule is CCN(Cc1ccc(CN(C)C)cc1)C(=O)CNC.Cl. The first kappa shape index (κ1) is 18.9. The Balaban J connectivity index is 0.00000361. The van der Waals surface area contributed by atoms with Gasteiger partial charge in [0, 0.05) is 19.6 Å². The predicted octanol–water partition coefficient (Wildman–Crippen LogP) is 1.74. The average Bonchev–Trinajstić information content (AvgIpc) is 2.37. The van der Waals surface area contributed by atoms with E-state index in [0.717, 1.165) is 13.1 Å². The van der Waals surface area contributed by atoms with Gasteiger partial charge in [-0.25, -0.2) is 0 Å². The molecule has 0 heterocycles. The molecule has 0 spiro atoms. The molecule has 20 heavy (non-hydrogen) atoms. The fraction of sp³-hybridized carbons (Fsp3) is 0.533. The van der Waals surface area contributed by atoms with Gasteiger partial charge in [0.25, 0.3) is 0 Å². The van der Waals surface area contributed by atoms with Crippen LogP contribution in [0.2, 0.25) is 0 Å². The van der Waals surface area contributed by atoms with E-state index in [0.29, 0.717) is 13.1 Å². The lowest BCUT2D eigenvalue weighted by Crippen LogP contribution is -2.36. The van der Waals surface area contributed by atoms with Gasteiger partial charge in [0.2, 0.25) is 5.91 Å². The molecule has 0 unspecified atom stereocenters. The van der Waals surface area contributed by atoms with Crippen molar-refractivity contribution < 1.29 is 4.79 Å². The normalized spacial score (nSPS) is 10.2. The zero-order chi connectivity index (χ0) is 14.3. The van der Waals surface area contributed by atoms with Gasteiger partial charge < -0.3 is 15.1 Å². The van der Waals surface area contributed by atoms with Gasteiger partial charge in [-0.2, -0.15) is 0 Å². The minimum absolute atomic E-state index is 0. The molecule has 0 bridgehead atoms. The third-order valence-corrected chi connectivity index (χ3v) is 2.96. The van der Waals surface area contributed by atoms with E-state index >= 15 is 0 Å². The van der Waals surface area contributed by atoms with Crippen LogP contribution in [0.5, 0.6) is 0 Å². The second-order valence-corrected chi connectivity index (χ2v) is 4.99. The van der Waals surface area contributed by atoms with Crippen LogP contribution in [0.15, 0.2) is 24.3 Å². The van der Waals surface area contributed by atoms with Crippen molar-refractivity contribution >= 4 is 18.3 Å². The molecule has 0 saturated carbocycles. The Hall–Kier alpha value is -1.10. The molecule has 0 radical (unpaired) electrons. The molecule has 1 aromatic carbocycles. The molecular weight excluding hydrogens is 274 g/mol. The molecule has 1 N–H and O–H groups in total. The van der Waals surface area contributed by atoms with Gasteiger partial charge in [-0.3, -0.25) is 4.79 Å². The third-order valence-electron chi connectivity index (χ3n) is 2.96. The second kappa shape index (κ2) is 9.75. The summed E-state index contributed by atoms with van der Waals surface area (Å²) < 4.78 is 0. The largest absolute Gasteiger partial charge is 0.338 e. The van der Waals surface area contributed by atoms with E-state index in [4.69, 9.17) is 0 Å². The first-order valence-electron chi connectivity index (χ1n) is 6.71. The predicted molar refractivity (Wildman–Crippen MR) is 86.1 cm³/mol. The van der Waals surface area contributed by atoms with Crippen molar-refractivity contribution in [3.63, 3.8) is 0 Å². The van der Waals surface area contributed by atoms with Crippen LogP contribution >= 0.6 is 12.4 Å². The molecule has 5 heteroatoms. The number of nitrogens with one attached hydrogen (secondary N) is 1. The van der Waals surface area contributed by atoms with E-state index in [9.17, 15) is 4.79 Å². The van der Waals surface area contributed by atoms with Crippen molar-refractivity contribution in [2.45, 2.75) is 20.0 Å². The Morgan fingerprint density at radius 3 is 2.00 bits per heavy atom. The Labute approximate surface area is 128 Å². The third kappa shape index (κ3) is 6.37. The van der Waals surface area contributed by atoms with Crippen LogP contribution in [-0.4, -0.2) is 49.9 Å². The molecule has 1 aromatic rings. The standard InChI is InChI=1S/C15H25N3O.ClH/c1-5-18(15(19)10-16-2)12-14-8-6-13(7-9-14)11-17(3)4;/h6-9,16H,5,10-12H2,1-4H3;1H. The van der Waals surface area contributed by atoms with E-state index in [2.05, 4.69) is 48.6 Å². The molecule has 0 aromatic heterocycles. The van der Waals surface area contributed by atoms with Crippen molar-refractivity contribution in [3.05, 3.63) is 35.4 Å². The van der Waals surface area contributed by atoms with Gasteiger partial charge in [-0.05, 0) is 39.2 Å². The van der Waals surface area contributed by atoms with Crippen LogP contribution in [0.1, 0.15) is 18.1 Å². The van der Waals surface area contributed by atoms with E-state index in [1.807, 2.05) is 11.8 Å². The van der Waals surface area contributed by atoms with Crippen LogP contribution in [-0.2, 0) is 17.9 Å². The summed E-state index contributed by atoms with van der Waals surface area (Å²) in [6.45, 7) is 4.76. The molecule has 114 valence electrons. The molecule has 0 fully saturated rings. The maximum Gasteiger partial charge on any atom is 0.236 e. The minimum atomic E-state index is 0. The van der Waals surface area contributed by atoms with Gasteiger partial charge in [-0.1, -0.05) is 24.3 Å². The number of amides is 1. The van der Waals surface area contributed by atoms with Crippen molar-refractivity contribution in [1.82, 2.24) is 15.1 Å². The summed E-state index contributed by atoms with van der Waals surface area (Å²) in [5, 5.41) is 2.90. The summed E-state index contributed by atoms with van der Waals surface area (Å²) in [5.41, 5.74) is 2.46. The number of hydrogen-bond acceptors (Lipinski definition) is 3. The molecule has 0 saturated heterocycles. The average molecular weight is 300 g/mol. The highest BCUT2D eigenvalue weighted by atomic mass is 35.5. The van der Waals surface area contributed by atoms with Crippen LogP contribution in [0.4, 0.5) is 0 Å². The highest BCUT2D eigenvalue weighted by Crippen LogP contribution is 2.09. The number of carbonyl (C=O) groups is 1. The Morgan fingerprint density at radius 2 is 1.60 bits per heavy atom. The summed E-state index contributed by atoms with van der Waals surface area (Å²) in [6.07, 6.45) is 0. The van der Waals surface area contributed by atoms with E-state index in [1.54, 1.807) is 7.05 Å². The molecule has 0 aliphatic rings. The fourth-order valence-corrected chi connectivity index (χ4v) is 1.97. The zero-order valence-corrected chi connectivity index (χ0v) is 13.7. The molecule has 4 nitrogen and oxygen atoms in total. The lowest BCUT2D eigenvalue weighted by Gasteiger charge is -2.21. The highest BCUT2D eigenvalue weighted by molar-refractivity contribution is 5.85. The van der Waals surface area contributed by atoms with Crippen molar-refractivity contribution in [2.24, 2.45) is 0 Å². The van der Waals surface area contributed by atoms with E-state index in [1.165, 1.54) is 11.1 Å². The van der Waals surface area contributed by atoms with E-state index in [-0.39, 0.29) is 18.3 Å². The first-order chi connectivity index (χ1) is 9.06. The number of benzene rings is 1. The second-order valence-electron chi connectivity index (χ2n) is 4.99. The van der Waals surface area contributed by atoms with Crippen LogP contribution in [0.3, 0.4) is 0 Å². The van der Waals surface area contributed by atoms with Crippen LogP contribution < -0.4 is 5.32 Å². The highest BCUT2D eigenvalue weighted by Gasteiger charge is 2.10. The van der Waals surface area contributed by atoms with Gasteiger partial charge in [0.1, 0.15) is 0 Å². The van der Waals surface area contributed by atoms with Gasteiger partial charge in [0.05, 0.1) is 6.54 Å². The molecule has 1 amide bonds. The van der Waals surface area contributed by atoms with Crippen molar-refractivity contribution in [3.8, 4) is 0 Å². The summed E-state index contributed by atoms with van der Waals surface area (Å²) in [7, 11) is 5.91. The van der Waals surface area contributed by atoms with Gasteiger partial charge in [-0.15, -0.1) is 12.4 Å². The van der Waals surface area contributed by atoms with Gasteiger partial charge in [0.15, 0.2) is 0 Å². The maximum absolute atomic E-state index is 11.8. The number of likely N-dealkylation sites (N-methyl/N-ethyl adjacent to an activating group) is 2. The molecule has 0 aliphatic heterocycles. The molecule has 0 aliphatic carbocycles. The lowest BCUT2D eigenvalue weighted by molar-refractivity contribution is -0.130. The Kier molecular flexibility index (Phi) is 9.21. The number of hydrogen-bond donors (Lipinski definition) is 1. The summed E-state index contributed by atoms with van der Waals surface area (Å²) in [4.78, 5) is 15.8. The zero-order valence-electron chi connectivity index (χ0n) is 12.8. The maximum atomic E-state index is 11.8. The topological polar surface area (TPSA) is 35.6 Å². The summed E-state index contributed by atoms with van der Waals surface area (Å²) >= 11 is 0. The quantitative estimate of drug-likeness (QED) is 0.833. The lowest BCUT2D eigenvalue weighted by atomic mass is 10.1. The molecule has 1 rings (SSSR count). The smallest absolute Gasteiger partial charge is 0.236 e. The Bertz CT molecular complexity index is 393. The summed E-state index contributed by atoms with van der Waals surface area (Å²) in [5.74, 6) is 0.141. The monoisotopic (exact) mass is 299 g/mol. The number of rotatable bonds is 7. The number of halogens is 1. The fourth-order valence-electron chi connectivity index (χ4n) is 1.97. The molecular formula is C15H26ClN3O. The molecule has 0 atom stereocenters.